The van der Waals surface area contributed by atoms with Crippen LogP contribution in [0.5, 0.6) is 0 Å². The van der Waals surface area contributed by atoms with E-state index in [1.807, 2.05) is 0 Å². The second-order valence-electron chi connectivity index (χ2n) is 7.39. The van der Waals surface area contributed by atoms with Crippen LogP contribution in [-0.4, -0.2) is 75.5 Å². The molecule has 1 heterocycles. The summed E-state index contributed by atoms with van der Waals surface area (Å²) in [5.74, 6) is -3.66. The van der Waals surface area contributed by atoms with E-state index in [-0.39, 0.29) is 18.7 Å². The summed E-state index contributed by atoms with van der Waals surface area (Å²) in [6.45, 7) is 0.315. The Bertz CT molecular complexity index is 974. The Morgan fingerprint density at radius 1 is 1.18 bits per heavy atom. The van der Waals surface area contributed by atoms with Crippen molar-refractivity contribution in [3.05, 3.63) is 40.3 Å². The van der Waals surface area contributed by atoms with E-state index >= 15 is 0 Å². The largest absolute Gasteiger partial charge is 0.481 e. The van der Waals surface area contributed by atoms with Crippen molar-refractivity contribution in [3.63, 3.8) is 0 Å². The maximum Gasteiger partial charge on any atom is 0.328 e. The minimum atomic E-state index is -1.54. The Balaban J connectivity index is 1.85. The van der Waals surface area contributed by atoms with Crippen LogP contribution in [-0.2, 0) is 14.4 Å². The lowest BCUT2D eigenvalue weighted by Gasteiger charge is -2.21. The third kappa shape index (κ3) is 6.43. The van der Waals surface area contributed by atoms with Gasteiger partial charge in [-0.15, -0.1) is 0 Å². The van der Waals surface area contributed by atoms with Gasteiger partial charge < -0.3 is 20.4 Å². The van der Waals surface area contributed by atoms with Crippen molar-refractivity contribution in [2.75, 3.05) is 13.6 Å². The van der Waals surface area contributed by atoms with Gasteiger partial charge in [-0.1, -0.05) is 17.2 Å². The predicted molar refractivity (Wildman–Crippen MR) is 114 cm³/mol. The van der Waals surface area contributed by atoms with Crippen LogP contribution < -0.4 is 5.32 Å². The molecule has 1 fully saturated rings. The molecule has 33 heavy (non-hydrogen) atoms. The van der Waals surface area contributed by atoms with Crippen LogP contribution in [0, 0.1) is 0 Å². The van der Waals surface area contributed by atoms with Crippen molar-refractivity contribution in [3.8, 4) is 0 Å². The third-order valence-corrected chi connectivity index (χ3v) is 5.21. The second kappa shape index (κ2) is 11.5. The molecule has 1 aromatic carbocycles. The number of hydrogen-bond acceptors (Lipinski definition) is 6. The lowest BCUT2D eigenvalue weighted by atomic mass is 10.1. The highest BCUT2D eigenvalue weighted by Gasteiger charge is 2.47. The minimum Gasteiger partial charge on any atom is -0.481 e. The number of aliphatic carboxylic acids is 2. The van der Waals surface area contributed by atoms with Crippen LogP contribution in [0.2, 0.25) is 0 Å². The van der Waals surface area contributed by atoms with Gasteiger partial charge >= 0.3 is 18.0 Å². The SMILES string of the molecule is CN1C(=O)N(C(CCC(=O)O)C(=O)O)C(=O)C1CCCCNC(=O)c1ccc(N=[N+]=[N-])cc1. The van der Waals surface area contributed by atoms with Gasteiger partial charge in [-0.3, -0.25) is 14.4 Å². The minimum absolute atomic E-state index is 0.263. The quantitative estimate of drug-likeness (QED) is 0.140. The number of azide groups is 1. The third-order valence-electron chi connectivity index (χ3n) is 5.21. The highest BCUT2D eigenvalue weighted by molar-refractivity contribution is 6.06. The Morgan fingerprint density at radius 3 is 2.42 bits per heavy atom. The number of amides is 4. The number of carbonyl (C=O) groups is 5. The van der Waals surface area contributed by atoms with Crippen molar-refractivity contribution in [1.29, 1.82) is 0 Å². The summed E-state index contributed by atoms with van der Waals surface area (Å²) in [7, 11) is 1.39. The van der Waals surface area contributed by atoms with Crippen LogP contribution in [0.25, 0.3) is 10.4 Å². The number of benzene rings is 1. The summed E-state index contributed by atoms with van der Waals surface area (Å²) in [6.07, 6.45) is 0.384. The fourth-order valence-electron chi connectivity index (χ4n) is 3.45. The first-order valence-corrected chi connectivity index (χ1v) is 10.1. The zero-order valence-corrected chi connectivity index (χ0v) is 17.9. The molecule has 3 N–H and O–H groups in total. The molecule has 13 nitrogen and oxygen atoms in total. The van der Waals surface area contributed by atoms with Crippen LogP contribution in [0.15, 0.2) is 29.4 Å². The van der Waals surface area contributed by atoms with Gasteiger partial charge in [-0.2, -0.15) is 0 Å². The summed E-state index contributed by atoms with van der Waals surface area (Å²) < 4.78 is 0. The molecule has 1 aromatic rings. The fourth-order valence-corrected chi connectivity index (χ4v) is 3.45. The van der Waals surface area contributed by atoms with Crippen molar-refractivity contribution < 1.29 is 34.2 Å². The molecule has 1 saturated heterocycles. The van der Waals surface area contributed by atoms with Gasteiger partial charge in [0.05, 0.1) is 0 Å². The van der Waals surface area contributed by atoms with Crippen molar-refractivity contribution in [1.82, 2.24) is 15.1 Å². The molecule has 0 bridgehead atoms. The van der Waals surface area contributed by atoms with E-state index in [0.717, 1.165) is 4.90 Å². The number of carboxylic acids is 2. The predicted octanol–water partition coefficient (Wildman–Crippen LogP) is 2.11. The Hall–Kier alpha value is -4.12. The Kier molecular flexibility index (Phi) is 8.75. The summed E-state index contributed by atoms with van der Waals surface area (Å²) in [4.78, 5) is 64.0. The molecule has 13 heteroatoms. The van der Waals surface area contributed by atoms with Crippen LogP contribution >= 0.6 is 0 Å². The van der Waals surface area contributed by atoms with Gasteiger partial charge in [0.15, 0.2) is 0 Å². The van der Waals surface area contributed by atoms with Gasteiger partial charge in [0.25, 0.3) is 11.8 Å². The molecule has 0 saturated carbocycles. The maximum absolute atomic E-state index is 12.7. The van der Waals surface area contributed by atoms with E-state index < -0.39 is 42.4 Å². The number of hydrogen-bond donors (Lipinski definition) is 3. The normalized spacial score (nSPS) is 16.3. The summed E-state index contributed by atoms with van der Waals surface area (Å²) >= 11 is 0. The molecule has 4 amide bonds. The highest BCUT2D eigenvalue weighted by Crippen LogP contribution is 2.24. The van der Waals surface area contributed by atoms with Gasteiger partial charge in [0, 0.05) is 36.2 Å². The van der Waals surface area contributed by atoms with Gasteiger partial charge in [0.1, 0.15) is 12.1 Å². The number of carbonyl (C=O) groups excluding carboxylic acids is 3. The molecule has 2 unspecified atom stereocenters. The van der Waals surface area contributed by atoms with Gasteiger partial charge in [-0.05, 0) is 43.3 Å². The maximum atomic E-state index is 12.7. The van der Waals surface area contributed by atoms with Crippen LogP contribution in [0.1, 0.15) is 42.5 Å². The van der Waals surface area contributed by atoms with Crippen LogP contribution in [0.3, 0.4) is 0 Å². The Labute approximate surface area is 188 Å². The number of urea groups is 1. The second-order valence-corrected chi connectivity index (χ2v) is 7.39. The number of likely N-dealkylation sites (N-methyl/N-ethyl adjacent to an activating group) is 1. The first-order valence-electron chi connectivity index (χ1n) is 10.1. The fraction of sp³-hybridized carbons (Fsp3) is 0.450. The molecule has 2 rings (SSSR count). The lowest BCUT2D eigenvalue weighted by molar-refractivity contribution is -0.148. The smallest absolute Gasteiger partial charge is 0.328 e. The molecule has 0 aliphatic carbocycles. The van der Waals surface area contributed by atoms with Crippen molar-refractivity contribution >= 4 is 35.5 Å². The summed E-state index contributed by atoms with van der Waals surface area (Å²) in [5.41, 5.74) is 9.16. The first kappa shape index (κ1) is 25.1. The van der Waals surface area contributed by atoms with E-state index in [0.29, 0.717) is 35.5 Å². The van der Waals surface area contributed by atoms with Crippen molar-refractivity contribution in [2.45, 2.75) is 44.2 Å². The zero-order chi connectivity index (χ0) is 24.5. The molecule has 2 atom stereocenters. The van der Waals surface area contributed by atoms with E-state index in [2.05, 4.69) is 15.3 Å². The number of imide groups is 1. The topological polar surface area (TPSA) is 193 Å². The number of rotatable bonds is 12. The number of carboxylic acid groups (broad SMARTS) is 2. The van der Waals surface area contributed by atoms with E-state index in [1.54, 1.807) is 0 Å². The standard InChI is InChI=1S/C20H24N6O7/c1-25-14(18(30)26(20(25)33)15(19(31)32)9-10-16(27)28)4-2-3-11-22-17(29)12-5-7-13(8-6-12)23-24-21/h5-8,14-15H,2-4,9-11H2,1H3,(H,22,29)(H,27,28)(H,31,32). The van der Waals surface area contributed by atoms with E-state index in [4.69, 9.17) is 10.6 Å². The molecule has 0 spiro atoms. The molecule has 0 radical (unpaired) electrons. The van der Waals surface area contributed by atoms with Gasteiger partial charge in [0.2, 0.25) is 0 Å². The first-order chi connectivity index (χ1) is 15.7. The lowest BCUT2D eigenvalue weighted by Crippen LogP contribution is -2.46. The zero-order valence-electron chi connectivity index (χ0n) is 17.9. The summed E-state index contributed by atoms with van der Waals surface area (Å²) in [5, 5.41) is 24.3. The highest BCUT2D eigenvalue weighted by atomic mass is 16.4. The van der Waals surface area contributed by atoms with E-state index in [1.165, 1.54) is 31.3 Å². The molecular weight excluding hydrogens is 436 g/mol. The molecule has 1 aliphatic heterocycles. The summed E-state index contributed by atoms with van der Waals surface area (Å²) in [6, 6.07) is 2.90. The van der Waals surface area contributed by atoms with E-state index in [9.17, 15) is 29.1 Å². The monoisotopic (exact) mass is 460 g/mol. The molecule has 1 aliphatic rings. The average molecular weight is 460 g/mol. The number of nitrogens with zero attached hydrogens (tertiary/aromatic N) is 5. The Morgan fingerprint density at radius 2 is 1.85 bits per heavy atom. The molecule has 0 aromatic heterocycles. The van der Waals surface area contributed by atoms with Gasteiger partial charge in [-0.25, -0.2) is 14.5 Å². The number of nitrogens with one attached hydrogen (secondary N) is 1. The molecular formula is C20H24N6O7. The average Bonchev–Trinajstić information content (AvgIpc) is 2.97. The van der Waals surface area contributed by atoms with Crippen LogP contribution in [0.4, 0.5) is 10.5 Å². The van der Waals surface area contributed by atoms with Crippen molar-refractivity contribution in [2.24, 2.45) is 5.11 Å². The molecule has 176 valence electrons. The number of unbranched alkanes of at least 4 members (excludes halogenated alkanes) is 1.